The van der Waals surface area contributed by atoms with Crippen LogP contribution in [0, 0.1) is 6.92 Å². The maximum Gasteiger partial charge on any atom is 0.205 e. The molecule has 0 aliphatic heterocycles. The number of unbranched alkanes of at least 4 members (excludes halogenated alkanes) is 1. The van der Waals surface area contributed by atoms with Gasteiger partial charge in [0.1, 0.15) is 5.82 Å². The van der Waals surface area contributed by atoms with Crippen LogP contribution in [0.15, 0.2) is 48.5 Å². The molecular weight excluding hydrogens is 374 g/mol. The Hall–Kier alpha value is -3.32. The van der Waals surface area contributed by atoms with E-state index in [4.69, 9.17) is 10.7 Å². The maximum atomic E-state index is 6.03. The number of H-pyrrole nitrogens is 1. The third-order valence-electron chi connectivity index (χ3n) is 5.42. The van der Waals surface area contributed by atoms with Gasteiger partial charge in [-0.05, 0) is 35.2 Å². The highest BCUT2D eigenvalue weighted by atomic mass is 15.5. The number of hydrogen-bond acceptors (Lipinski definition) is 5. The van der Waals surface area contributed by atoms with Crippen molar-refractivity contribution in [1.29, 1.82) is 0 Å². The number of nitrogens with two attached hydrogens (primary N) is 1. The number of imidazole rings is 1. The number of tetrazole rings is 1. The van der Waals surface area contributed by atoms with E-state index in [0.717, 1.165) is 59.7 Å². The average molecular weight is 402 g/mol. The quantitative estimate of drug-likeness (QED) is 0.467. The van der Waals surface area contributed by atoms with Crippen LogP contribution < -0.4 is 5.73 Å². The molecule has 2 aromatic heterocycles. The highest BCUT2D eigenvalue weighted by Gasteiger charge is 2.14. The summed E-state index contributed by atoms with van der Waals surface area (Å²) in [7, 11) is 0. The Morgan fingerprint density at radius 2 is 1.80 bits per heavy atom. The van der Waals surface area contributed by atoms with E-state index in [2.05, 4.69) is 62.4 Å². The van der Waals surface area contributed by atoms with E-state index in [1.54, 1.807) is 0 Å². The van der Waals surface area contributed by atoms with E-state index in [1.165, 1.54) is 5.56 Å². The third kappa shape index (κ3) is 4.02. The van der Waals surface area contributed by atoms with Crippen LogP contribution in [0.25, 0.3) is 22.5 Å². The fourth-order valence-electron chi connectivity index (χ4n) is 3.82. The van der Waals surface area contributed by atoms with Gasteiger partial charge in [0.2, 0.25) is 5.82 Å². The highest BCUT2D eigenvalue weighted by molar-refractivity contribution is 5.80. The Bertz CT molecular complexity index is 1100. The lowest BCUT2D eigenvalue weighted by molar-refractivity contribution is 0.655. The first-order valence-corrected chi connectivity index (χ1v) is 10.4. The minimum Gasteiger partial charge on any atom is -0.326 e. The molecule has 154 valence electrons. The number of benzene rings is 2. The second kappa shape index (κ2) is 9.00. The second-order valence-electron chi connectivity index (χ2n) is 7.43. The fraction of sp³-hybridized carbons (Fsp3) is 0.304. The van der Waals surface area contributed by atoms with Crippen LogP contribution in [0.2, 0.25) is 0 Å². The average Bonchev–Trinajstić information content (AvgIpc) is 3.41. The predicted molar refractivity (Wildman–Crippen MR) is 118 cm³/mol. The lowest BCUT2D eigenvalue weighted by Crippen LogP contribution is -2.12. The molecule has 2 aromatic carbocycles. The van der Waals surface area contributed by atoms with Crippen molar-refractivity contribution in [3.8, 4) is 22.5 Å². The molecule has 4 aromatic rings. The van der Waals surface area contributed by atoms with Crippen LogP contribution in [-0.4, -0.2) is 30.2 Å². The number of aryl methyl sites for hydroxylation is 2. The van der Waals surface area contributed by atoms with E-state index in [9.17, 15) is 0 Å². The molecule has 0 amide bonds. The molecule has 0 spiro atoms. The molecule has 0 unspecified atom stereocenters. The van der Waals surface area contributed by atoms with Gasteiger partial charge in [-0.2, -0.15) is 5.21 Å². The Morgan fingerprint density at radius 3 is 2.47 bits per heavy atom. The second-order valence-corrected chi connectivity index (χ2v) is 7.43. The molecular formula is C23H27N7. The molecule has 7 heteroatoms. The standard InChI is InChI=1S/C23H27N7/c1-3-4-9-22-25-16(2)21(14-24)30(22)15-17-10-12-18(13-11-17)19-7-5-6-8-20(19)23-26-28-29-27-23/h5-8,10-13H,3-4,9,14-15,24H2,1-2H3,(H,26,27,28,29). The number of nitrogens with zero attached hydrogens (tertiary/aromatic N) is 5. The van der Waals surface area contributed by atoms with Crippen molar-refractivity contribution in [2.75, 3.05) is 0 Å². The van der Waals surface area contributed by atoms with Gasteiger partial charge in [0, 0.05) is 25.1 Å². The summed E-state index contributed by atoms with van der Waals surface area (Å²) in [5.74, 6) is 1.72. The van der Waals surface area contributed by atoms with Gasteiger partial charge in [0.15, 0.2) is 0 Å². The van der Waals surface area contributed by atoms with Gasteiger partial charge in [0.25, 0.3) is 0 Å². The van der Waals surface area contributed by atoms with Gasteiger partial charge in [-0.3, -0.25) is 0 Å². The lowest BCUT2D eigenvalue weighted by atomic mass is 9.98. The smallest absolute Gasteiger partial charge is 0.205 e. The summed E-state index contributed by atoms with van der Waals surface area (Å²) in [4.78, 5) is 4.78. The van der Waals surface area contributed by atoms with Crippen molar-refractivity contribution in [2.45, 2.75) is 46.2 Å². The van der Waals surface area contributed by atoms with Gasteiger partial charge < -0.3 is 10.3 Å². The highest BCUT2D eigenvalue weighted by Crippen LogP contribution is 2.30. The molecule has 0 bridgehead atoms. The Morgan fingerprint density at radius 1 is 1.03 bits per heavy atom. The molecule has 0 radical (unpaired) electrons. The van der Waals surface area contributed by atoms with E-state index < -0.39 is 0 Å². The molecule has 0 aliphatic carbocycles. The summed E-state index contributed by atoms with van der Waals surface area (Å²) >= 11 is 0. The van der Waals surface area contributed by atoms with E-state index in [1.807, 2.05) is 25.1 Å². The molecule has 2 heterocycles. The molecule has 0 saturated carbocycles. The van der Waals surface area contributed by atoms with Crippen molar-refractivity contribution in [2.24, 2.45) is 5.73 Å². The van der Waals surface area contributed by atoms with E-state index >= 15 is 0 Å². The maximum absolute atomic E-state index is 6.03. The summed E-state index contributed by atoms with van der Waals surface area (Å²) in [6, 6.07) is 16.7. The zero-order valence-electron chi connectivity index (χ0n) is 17.5. The number of aromatic nitrogens is 6. The van der Waals surface area contributed by atoms with Crippen LogP contribution in [0.4, 0.5) is 0 Å². The molecule has 7 nitrogen and oxygen atoms in total. The summed E-state index contributed by atoms with van der Waals surface area (Å²) in [5.41, 5.74) is 12.6. The summed E-state index contributed by atoms with van der Waals surface area (Å²) in [5, 5.41) is 14.5. The fourth-order valence-corrected chi connectivity index (χ4v) is 3.82. The molecule has 3 N–H and O–H groups in total. The normalized spacial score (nSPS) is 11.2. The first kappa shape index (κ1) is 20.0. The summed E-state index contributed by atoms with van der Waals surface area (Å²) < 4.78 is 2.28. The van der Waals surface area contributed by atoms with Crippen molar-refractivity contribution in [3.05, 3.63) is 71.3 Å². The van der Waals surface area contributed by atoms with Crippen molar-refractivity contribution in [3.63, 3.8) is 0 Å². The van der Waals surface area contributed by atoms with Crippen LogP contribution in [0.5, 0.6) is 0 Å². The van der Waals surface area contributed by atoms with Gasteiger partial charge in [-0.15, -0.1) is 10.2 Å². The topological polar surface area (TPSA) is 98.3 Å². The van der Waals surface area contributed by atoms with Gasteiger partial charge >= 0.3 is 0 Å². The van der Waals surface area contributed by atoms with Crippen LogP contribution >= 0.6 is 0 Å². The van der Waals surface area contributed by atoms with Gasteiger partial charge in [-0.25, -0.2) is 4.98 Å². The third-order valence-corrected chi connectivity index (χ3v) is 5.42. The van der Waals surface area contributed by atoms with Crippen LogP contribution in [0.1, 0.15) is 42.5 Å². The van der Waals surface area contributed by atoms with Gasteiger partial charge in [0.05, 0.1) is 11.4 Å². The molecule has 0 fully saturated rings. The molecule has 30 heavy (non-hydrogen) atoms. The Balaban J connectivity index is 1.62. The SMILES string of the molecule is CCCCc1nc(C)c(CN)n1Cc1ccc(-c2ccccc2-c2nn[nH]n2)cc1. The summed E-state index contributed by atoms with van der Waals surface area (Å²) in [6.07, 6.45) is 3.26. The summed E-state index contributed by atoms with van der Waals surface area (Å²) in [6.45, 7) is 5.53. The van der Waals surface area contributed by atoms with E-state index in [-0.39, 0.29) is 0 Å². The minimum absolute atomic E-state index is 0.501. The Labute approximate surface area is 176 Å². The van der Waals surface area contributed by atoms with Crippen molar-refractivity contribution >= 4 is 0 Å². The Kier molecular flexibility index (Phi) is 5.99. The lowest BCUT2D eigenvalue weighted by Gasteiger charge is -2.13. The van der Waals surface area contributed by atoms with Crippen molar-refractivity contribution in [1.82, 2.24) is 30.2 Å². The molecule has 0 aliphatic rings. The zero-order chi connectivity index (χ0) is 20.9. The van der Waals surface area contributed by atoms with E-state index in [0.29, 0.717) is 12.4 Å². The predicted octanol–water partition coefficient (Wildman–Crippen LogP) is 3.89. The minimum atomic E-state index is 0.501. The number of hydrogen-bond donors (Lipinski definition) is 2. The first-order chi connectivity index (χ1) is 14.7. The van der Waals surface area contributed by atoms with Crippen LogP contribution in [0.3, 0.4) is 0 Å². The number of aromatic amines is 1. The first-order valence-electron chi connectivity index (χ1n) is 10.4. The number of rotatable bonds is 8. The van der Waals surface area contributed by atoms with Crippen LogP contribution in [-0.2, 0) is 19.5 Å². The zero-order valence-corrected chi connectivity index (χ0v) is 17.5. The molecule has 4 rings (SSSR count). The number of nitrogens with one attached hydrogen (secondary N) is 1. The monoisotopic (exact) mass is 401 g/mol. The largest absolute Gasteiger partial charge is 0.326 e. The van der Waals surface area contributed by atoms with Gasteiger partial charge in [-0.1, -0.05) is 61.9 Å². The molecule has 0 saturated heterocycles. The molecule has 0 atom stereocenters. The van der Waals surface area contributed by atoms with Crippen molar-refractivity contribution < 1.29 is 0 Å².